The minimum atomic E-state index is -1.84. The van der Waals surface area contributed by atoms with Crippen LogP contribution in [0.3, 0.4) is 0 Å². The lowest BCUT2D eigenvalue weighted by Crippen LogP contribution is -2.45. The van der Waals surface area contributed by atoms with E-state index in [1.807, 2.05) is 12.1 Å². The third-order valence-electron chi connectivity index (χ3n) is 4.46. The number of hydrogen-bond donors (Lipinski definition) is 0. The first kappa shape index (κ1) is 16.7. The van der Waals surface area contributed by atoms with E-state index in [2.05, 4.69) is 38.8 Å². The average molecular weight is 324 g/mol. The van der Waals surface area contributed by atoms with Gasteiger partial charge >= 0.3 is 0 Å². The molecule has 21 heavy (non-hydrogen) atoms. The monoisotopic (exact) mass is 323 g/mol. The van der Waals surface area contributed by atoms with Gasteiger partial charge < -0.3 is 4.43 Å². The summed E-state index contributed by atoms with van der Waals surface area (Å²) in [5.41, 5.74) is 0. The Morgan fingerprint density at radius 2 is 1.86 bits per heavy atom. The van der Waals surface area contributed by atoms with Gasteiger partial charge in [0.1, 0.15) is 5.78 Å². The fourth-order valence-corrected chi connectivity index (χ4v) is 4.83. The fraction of sp³-hybridized carbons (Fsp3) is 0.625. The molecule has 0 aromatic carbocycles. The number of nitrogens with zero attached hydrogens (tertiary/aromatic N) is 1. The van der Waals surface area contributed by atoms with E-state index in [-0.39, 0.29) is 16.4 Å². The number of Topliss-reactive ketones (excluding diaryl/α,β-unsaturated/α-hetero) is 1. The maximum absolute atomic E-state index is 11.9. The molecule has 5 heteroatoms. The van der Waals surface area contributed by atoms with Crippen LogP contribution in [0.15, 0.2) is 29.4 Å². The quantitative estimate of drug-likeness (QED) is 0.775. The summed E-state index contributed by atoms with van der Waals surface area (Å²) < 4.78 is 6.50. The first-order valence-corrected chi connectivity index (χ1v) is 11.2. The molecule has 0 spiro atoms. The van der Waals surface area contributed by atoms with Gasteiger partial charge in [-0.3, -0.25) is 9.78 Å². The molecule has 0 N–H and O–H groups in total. The van der Waals surface area contributed by atoms with E-state index in [1.54, 1.807) is 24.2 Å². The molecule has 0 amide bonds. The van der Waals surface area contributed by atoms with Crippen molar-refractivity contribution in [3.8, 4) is 0 Å². The van der Waals surface area contributed by atoms with Crippen molar-refractivity contribution in [2.45, 2.75) is 68.0 Å². The summed E-state index contributed by atoms with van der Waals surface area (Å²) in [5.74, 6) is 0.324. The molecule has 0 aliphatic heterocycles. The Bertz CT molecular complexity index is 499. The highest BCUT2D eigenvalue weighted by Gasteiger charge is 2.43. The topological polar surface area (TPSA) is 39.2 Å². The number of thioether (sulfide) groups is 1. The predicted octanol–water partition coefficient (Wildman–Crippen LogP) is 4.30. The third kappa shape index (κ3) is 4.17. The lowest BCUT2D eigenvalue weighted by atomic mass is 10.2. The second kappa shape index (κ2) is 6.22. The van der Waals surface area contributed by atoms with Crippen LogP contribution in [0.4, 0.5) is 0 Å². The largest absolute Gasteiger partial charge is 0.412 e. The Labute approximate surface area is 133 Å². The van der Waals surface area contributed by atoms with E-state index in [9.17, 15) is 4.79 Å². The van der Waals surface area contributed by atoms with Gasteiger partial charge in [0.05, 0.1) is 6.10 Å². The van der Waals surface area contributed by atoms with Crippen molar-refractivity contribution in [1.29, 1.82) is 0 Å². The Kier molecular flexibility index (Phi) is 4.95. The number of carbonyl (C=O) groups excluding carboxylic acids is 1. The highest BCUT2D eigenvalue weighted by molar-refractivity contribution is 8.00. The van der Waals surface area contributed by atoms with E-state index in [4.69, 9.17) is 4.43 Å². The van der Waals surface area contributed by atoms with Crippen LogP contribution in [0.2, 0.25) is 18.1 Å². The molecule has 1 fully saturated rings. The van der Waals surface area contributed by atoms with Crippen molar-refractivity contribution in [1.82, 2.24) is 4.98 Å². The molecule has 0 radical (unpaired) electrons. The minimum Gasteiger partial charge on any atom is -0.412 e. The second-order valence-corrected chi connectivity index (χ2v) is 13.3. The molecule has 116 valence electrons. The normalized spacial score (nSPS) is 23.6. The Hall–Kier alpha value is -0.653. The summed E-state index contributed by atoms with van der Waals surface area (Å²) >= 11 is 1.75. The highest BCUT2D eigenvalue weighted by atomic mass is 32.2. The molecule has 1 aromatic heterocycles. The van der Waals surface area contributed by atoms with Crippen LogP contribution in [-0.4, -0.2) is 30.4 Å². The van der Waals surface area contributed by atoms with Gasteiger partial charge in [-0.1, -0.05) is 20.8 Å². The molecule has 1 aliphatic rings. The summed E-state index contributed by atoms with van der Waals surface area (Å²) in [6.45, 7) is 11.2. The number of carbonyl (C=O) groups is 1. The Balaban J connectivity index is 2.09. The number of ketones is 1. The van der Waals surface area contributed by atoms with E-state index in [0.29, 0.717) is 18.6 Å². The molecule has 2 rings (SSSR count). The van der Waals surface area contributed by atoms with Gasteiger partial charge in [0.25, 0.3) is 0 Å². The second-order valence-electron chi connectivity index (χ2n) is 7.20. The summed E-state index contributed by atoms with van der Waals surface area (Å²) in [6, 6.07) is 3.99. The van der Waals surface area contributed by atoms with Gasteiger partial charge in [-0.25, -0.2) is 0 Å². The molecule has 1 aliphatic carbocycles. The maximum Gasteiger partial charge on any atom is 0.192 e. The highest BCUT2D eigenvalue weighted by Crippen LogP contribution is 2.42. The summed E-state index contributed by atoms with van der Waals surface area (Å²) in [4.78, 5) is 17.1. The van der Waals surface area contributed by atoms with E-state index < -0.39 is 8.32 Å². The predicted molar refractivity (Wildman–Crippen MR) is 90.2 cm³/mol. The molecule has 0 saturated heterocycles. The first-order valence-electron chi connectivity index (χ1n) is 7.45. The lowest BCUT2D eigenvalue weighted by molar-refractivity contribution is -0.117. The SMILES string of the molecule is CC(C)(C)[Si](C)(C)O[C@H]1CC(=O)C[C@@H]1Sc1ccncc1. The van der Waals surface area contributed by atoms with Gasteiger partial charge in [-0.15, -0.1) is 11.8 Å². The van der Waals surface area contributed by atoms with E-state index >= 15 is 0 Å². The first-order chi connectivity index (χ1) is 9.69. The van der Waals surface area contributed by atoms with Gasteiger partial charge in [0.2, 0.25) is 0 Å². The summed E-state index contributed by atoms with van der Waals surface area (Å²) in [5, 5.41) is 0.402. The molecule has 0 bridgehead atoms. The van der Waals surface area contributed by atoms with Crippen LogP contribution < -0.4 is 0 Å². The molecule has 1 heterocycles. The average Bonchev–Trinajstić information content (AvgIpc) is 2.68. The number of pyridine rings is 1. The van der Waals surface area contributed by atoms with Crippen molar-refractivity contribution in [2.24, 2.45) is 0 Å². The van der Waals surface area contributed by atoms with Crippen LogP contribution in [0.1, 0.15) is 33.6 Å². The molecule has 1 saturated carbocycles. The van der Waals surface area contributed by atoms with Crippen molar-refractivity contribution >= 4 is 25.9 Å². The van der Waals surface area contributed by atoms with Crippen molar-refractivity contribution < 1.29 is 9.22 Å². The van der Waals surface area contributed by atoms with Gasteiger partial charge in [-0.2, -0.15) is 0 Å². The summed E-state index contributed by atoms with van der Waals surface area (Å²) in [6.07, 6.45) is 4.82. The third-order valence-corrected chi connectivity index (χ3v) is 10.3. The zero-order valence-electron chi connectivity index (χ0n) is 13.6. The molecule has 0 unspecified atom stereocenters. The standard InChI is InChI=1S/C16H25NO2SSi/c1-16(2,3)21(4,5)19-14-10-12(18)11-15(14)20-13-6-8-17-9-7-13/h6-9,14-15H,10-11H2,1-5H3/t14-,15-/m0/s1. The van der Waals surface area contributed by atoms with Crippen molar-refractivity contribution in [3.05, 3.63) is 24.5 Å². The minimum absolute atomic E-state index is 0.0524. The van der Waals surface area contributed by atoms with E-state index in [0.717, 1.165) is 4.90 Å². The van der Waals surface area contributed by atoms with E-state index in [1.165, 1.54) is 0 Å². The number of aromatic nitrogens is 1. The van der Waals surface area contributed by atoms with Crippen LogP contribution in [-0.2, 0) is 9.22 Å². The number of rotatable bonds is 4. The molecular weight excluding hydrogens is 298 g/mol. The van der Waals surface area contributed by atoms with Crippen LogP contribution >= 0.6 is 11.8 Å². The van der Waals surface area contributed by atoms with Gasteiger partial charge in [0.15, 0.2) is 8.32 Å². The van der Waals surface area contributed by atoms with Crippen LogP contribution in [0.5, 0.6) is 0 Å². The number of hydrogen-bond acceptors (Lipinski definition) is 4. The van der Waals surface area contributed by atoms with Crippen molar-refractivity contribution in [2.75, 3.05) is 0 Å². The lowest BCUT2D eigenvalue weighted by Gasteiger charge is -2.39. The zero-order valence-corrected chi connectivity index (χ0v) is 15.4. The summed E-state index contributed by atoms with van der Waals surface area (Å²) in [7, 11) is -1.84. The molecule has 3 nitrogen and oxygen atoms in total. The fourth-order valence-electron chi connectivity index (χ4n) is 2.18. The Morgan fingerprint density at radius 3 is 2.43 bits per heavy atom. The van der Waals surface area contributed by atoms with Crippen LogP contribution in [0, 0.1) is 0 Å². The van der Waals surface area contributed by atoms with Gasteiger partial charge in [0, 0.05) is 35.4 Å². The zero-order chi connectivity index (χ0) is 15.7. The molecule has 2 atom stereocenters. The van der Waals surface area contributed by atoms with Crippen LogP contribution in [0.25, 0.3) is 0 Å². The maximum atomic E-state index is 11.9. The molecular formula is C16H25NO2SSi. The van der Waals surface area contributed by atoms with Gasteiger partial charge in [-0.05, 0) is 30.3 Å². The smallest absolute Gasteiger partial charge is 0.192 e. The molecule has 1 aromatic rings. The van der Waals surface area contributed by atoms with Crippen molar-refractivity contribution in [3.63, 3.8) is 0 Å². The Morgan fingerprint density at radius 1 is 1.24 bits per heavy atom.